The molecule has 1 N–H and O–H groups in total. The van der Waals surface area contributed by atoms with Crippen molar-refractivity contribution in [1.82, 2.24) is 24.0 Å². The molecule has 1 atom stereocenters. The largest absolute Gasteiger partial charge is 0.497 e. The van der Waals surface area contributed by atoms with Gasteiger partial charge in [-0.05, 0) is 69.4 Å². The monoisotopic (exact) mass is 613 g/mol. The highest BCUT2D eigenvalue weighted by atomic mass is 16.6. The van der Waals surface area contributed by atoms with Gasteiger partial charge in [-0.15, -0.1) is 0 Å². The van der Waals surface area contributed by atoms with Crippen LogP contribution in [-0.2, 0) is 31.3 Å². The smallest absolute Gasteiger partial charge is 0.407 e. The fourth-order valence-electron chi connectivity index (χ4n) is 5.66. The molecule has 1 fully saturated rings. The van der Waals surface area contributed by atoms with Gasteiger partial charge in [-0.1, -0.05) is 30.3 Å². The first-order chi connectivity index (χ1) is 21.5. The van der Waals surface area contributed by atoms with Gasteiger partial charge < -0.3 is 19.7 Å². The molecule has 12 heteroatoms. The van der Waals surface area contributed by atoms with Gasteiger partial charge in [0, 0.05) is 32.7 Å². The van der Waals surface area contributed by atoms with Crippen molar-refractivity contribution in [1.29, 1.82) is 5.26 Å². The first kappa shape index (κ1) is 31.4. The molecule has 2 aromatic heterocycles. The third kappa shape index (κ3) is 6.87. The minimum absolute atomic E-state index is 0.197. The summed E-state index contributed by atoms with van der Waals surface area (Å²) in [5, 5.41) is 12.8. The summed E-state index contributed by atoms with van der Waals surface area (Å²) in [6.45, 7) is 7.00. The molecule has 0 saturated carbocycles. The zero-order valence-corrected chi connectivity index (χ0v) is 26.4. The quantitative estimate of drug-likeness (QED) is 0.319. The Morgan fingerprint density at radius 3 is 2.53 bits per heavy atom. The van der Waals surface area contributed by atoms with E-state index in [1.165, 1.54) is 11.6 Å². The molecule has 12 nitrogen and oxygen atoms in total. The predicted octanol–water partition coefficient (Wildman–Crippen LogP) is 3.56. The van der Waals surface area contributed by atoms with Crippen molar-refractivity contribution in [3.8, 4) is 11.8 Å². The summed E-state index contributed by atoms with van der Waals surface area (Å²) in [6, 6.07) is 16.9. The van der Waals surface area contributed by atoms with Gasteiger partial charge in [0.1, 0.15) is 11.4 Å². The van der Waals surface area contributed by atoms with Gasteiger partial charge in [-0.25, -0.2) is 9.59 Å². The standard InChI is InChI=1S/C33H39N7O5/c1-33(2,3)45-31(42)35-25-11-8-17-38(21-25)30-36-28-27(40(30)20-24-10-7-6-9-23(24)19-34)29(41)37(4)32(43)39(28)18-16-22-12-14-26(44-5)15-13-22/h6-7,9-10,12-15,25H,8,11,16-18,20-21H2,1-5H3,(H,35,42). The summed E-state index contributed by atoms with van der Waals surface area (Å²) >= 11 is 0. The summed E-state index contributed by atoms with van der Waals surface area (Å²) in [5.41, 5.74) is 1.20. The Morgan fingerprint density at radius 1 is 1.11 bits per heavy atom. The average molecular weight is 614 g/mol. The Morgan fingerprint density at radius 2 is 1.84 bits per heavy atom. The van der Waals surface area contributed by atoms with Crippen LogP contribution in [0.1, 0.15) is 50.3 Å². The van der Waals surface area contributed by atoms with Crippen molar-refractivity contribution in [3.05, 3.63) is 86.1 Å². The van der Waals surface area contributed by atoms with Crippen LogP contribution in [-0.4, -0.2) is 56.6 Å². The van der Waals surface area contributed by atoms with Gasteiger partial charge in [0.15, 0.2) is 11.2 Å². The summed E-state index contributed by atoms with van der Waals surface area (Å²) < 4.78 is 15.2. The van der Waals surface area contributed by atoms with Crippen LogP contribution in [0, 0.1) is 11.3 Å². The van der Waals surface area contributed by atoms with E-state index in [4.69, 9.17) is 14.5 Å². The molecule has 3 heterocycles. The molecule has 236 valence electrons. The molecule has 2 aromatic carbocycles. The number of aryl methyl sites for hydroxylation is 2. The number of ether oxygens (including phenoxy) is 2. The first-order valence-corrected chi connectivity index (χ1v) is 15.0. The fourth-order valence-corrected chi connectivity index (χ4v) is 5.66. The van der Waals surface area contributed by atoms with Crippen molar-refractivity contribution in [2.45, 2.75) is 64.8 Å². The van der Waals surface area contributed by atoms with E-state index in [9.17, 15) is 19.6 Å². The number of imidazole rings is 1. The van der Waals surface area contributed by atoms with Crippen molar-refractivity contribution >= 4 is 23.2 Å². The van der Waals surface area contributed by atoms with Crippen molar-refractivity contribution in [2.24, 2.45) is 7.05 Å². The lowest BCUT2D eigenvalue weighted by molar-refractivity contribution is 0.0499. The SMILES string of the molecule is COc1ccc(CCn2c(=O)n(C)c(=O)c3c2nc(N2CCCC(NC(=O)OC(C)(C)C)C2)n3Cc2ccccc2C#N)cc1. The number of nitriles is 1. The van der Waals surface area contributed by atoms with E-state index < -0.39 is 22.9 Å². The number of fused-ring (bicyclic) bond motifs is 1. The highest BCUT2D eigenvalue weighted by molar-refractivity contribution is 5.75. The van der Waals surface area contributed by atoms with Gasteiger partial charge in [0.25, 0.3) is 5.56 Å². The molecule has 0 radical (unpaired) electrons. The number of benzene rings is 2. The van der Waals surface area contributed by atoms with Crippen molar-refractivity contribution in [2.75, 3.05) is 25.1 Å². The minimum atomic E-state index is -0.629. The molecule has 1 aliphatic rings. The average Bonchev–Trinajstić information content (AvgIpc) is 3.38. The second-order valence-electron chi connectivity index (χ2n) is 12.3. The van der Waals surface area contributed by atoms with Crippen LogP contribution in [0.5, 0.6) is 5.75 Å². The molecule has 1 unspecified atom stereocenters. The fraction of sp³-hybridized carbons (Fsp3) is 0.424. The maximum absolute atomic E-state index is 13.8. The molecule has 45 heavy (non-hydrogen) atoms. The van der Waals surface area contributed by atoms with E-state index in [1.54, 1.807) is 23.8 Å². The zero-order valence-electron chi connectivity index (χ0n) is 26.4. The molecule has 1 amide bonds. The molecule has 1 aliphatic heterocycles. The van der Waals surface area contributed by atoms with Crippen LogP contribution in [0.15, 0.2) is 58.1 Å². The maximum Gasteiger partial charge on any atom is 0.407 e. The predicted molar refractivity (Wildman–Crippen MR) is 171 cm³/mol. The molecule has 5 rings (SSSR count). The molecule has 4 aromatic rings. The van der Waals surface area contributed by atoms with E-state index in [0.717, 1.165) is 34.3 Å². The maximum atomic E-state index is 13.8. The Labute approximate surface area is 261 Å². The summed E-state index contributed by atoms with van der Waals surface area (Å²) in [6.07, 6.45) is 1.55. The highest BCUT2D eigenvalue weighted by Gasteiger charge is 2.29. The van der Waals surface area contributed by atoms with Crippen LogP contribution >= 0.6 is 0 Å². The van der Waals surface area contributed by atoms with Gasteiger partial charge >= 0.3 is 11.8 Å². The molecular weight excluding hydrogens is 574 g/mol. The Kier molecular flexibility index (Phi) is 8.99. The van der Waals surface area contributed by atoms with Crippen LogP contribution < -0.4 is 26.2 Å². The lowest BCUT2D eigenvalue weighted by Crippen LogP contribution is -2.49. The Hall–Kier alpha value is -5.05. The van der Waals surface area contributed by atoms with Gasteiger partial charge in [-0.3, -0.25) is 18.5 Å². The van der Waals surface area contributed by atoms with E-state index >= 15 is 0 Å². The number of alkyl carbamates (subject to hydrolysis) is 1. The number of piperidine rings is 1. The number of anilines is 1. The minimum Gasteiger partial charge on any atom is -0.497 e. The number of aromatic nitrogens is 4. The van der Waals surface area contributed by atoms with Crippen LogP contribution in [0.3, 0.4) is 0 Å². The topological polar surface area (TPSA) is 136 Å². The normalized spacial score (nSPS) is 15.1. The number of hydrogen-bond acceptors (Lipinski definition) is 8. The first-order valence-electron chi connectivity index (χ1n) is 15.0. The second-order valence-corrected chi connectivity index (χ2v) is 12.3. The second kappa shape index (κ2) is 12.9. The van der Waals surface area contributed by atoms with Gasteiger partial charge in [0.2, 0.25) is 5.95 Å². The number of amides is 1. The molecule has 0 spiro atoms. The number of methoxy groups -OCH3 is 1. The third-order valence-electron chi connectivity index (χ3n) is 7.88. The number of nitrogens with zero attached hydrogens (tertiary/aromatic N) is 6. The third-order valence-corrected chi connectivity index (χ3v) is 7.88. The number of carbonyl (C=O) groups is 1. The van der Waals surface area contributed by atoms with Crippen LogP contribution in [0.4, 0.5) is 10.7 Å². The van der Waals surface area contributed by atoms with Crippen LogP contribution in [0.2, 0.25) is 0 Å². The number of rotatable bonds is 8. The lowest BCUT2D eigenvalue weighted by Gasteiger charge is -2.34. The summed E-state index contributed by atoms with van der Waals surface area (Å²) in [5.74, 6) is 1.23. The van der Waals surface area contributed by atoms with E-state index in [1.807, 2.05) is 62.1 Å². The van der Waals surface area contributed by atoms with E-state index in [-0.39, 0.29) is 23.8 Å². The number of nitrogens with one attached hydrogen (secondary N) is 1. The van der Waals surface area contributed by atoms with E-state index in [0.29, 0.717) is 37.6 Å². The Bertz CT molecular complexity index is 1860. The zero-order chi connectivity index (χ0) is 32.3. The number of hydrogen-bond donors (Lipinski definition) is 1. The van der Waals surface area contributed by atoms with Crippen LogP contribution in [0.25, 0.3) is 11.2 Å². The Balaban J connectivity index is 1.59. The molecular formula is C33H39N7O5. The van der Waals surface area contributed by atoms with E-state index in [2.05, 4.69) is 11.4 Å². The summed E-state index contributed by atoms with van der Waals surface area (Å²) in [4.78, 5) is 46.8. The lowest BCUT2D eigenvalue weighted by atomic mass is 10.1. The molecule has 0 bridgehead atoms. The molecule has 0 aliphatic carbocycles. The van der Waals surface area contributed by atoms with Gasteiger partial charge in [-0.2, -0.15) is 10.2 Å². The summed E-state index contributed by atoms with van der Waals surface area (Å²) in [7, 11) is 3.08. The molecule has 1 saturated heterocycles. The number of carbonyl (C=O) groups excluding carboxylic acids is 1. The van der Waals surface area contributed by atoms with Gasteiger partial charge in [0.05, 0.1) is 25.3 Å². The van der Waals surface area contributed by atoms with Crippen molar-refractivity contribution < 1.29 is 14.3 Å². The highest BCUT2D eigenvalue weighted by Crippen LogP contribution is 2.26. The van der Waals surface area contributed by atoms with Crippen molar-refractivity contribution in [3.63, 3.8) is 0 Å².